The molecule has 8 saturated carbocycles. The van der Waals surface area contributed by atoms with Crippen LogP contribution >= 0.6 is 23.2 Å². The number of methoxy groups -OCH3 is 2. The fraction of sp³-hybridized carbons (Fsp3) is 0.593. The molecule has 0 aromatic heterocycles. The van der Waals surface area contributed by atoms with E-state index >= 15 is 0 Å². The van der Waals surface area contributed by atoms with Crippen LogP contribution in [0.5, 0.6) is 46.0 Å². The van der Waals surface area contributed by atoms with E-state index < -0.39 is 41.1 Å². The fourth-order valence-electron chi connectivity index (χ4n) is 27.5. The fourth-order valence-corrected chi connectivity index (χ4v) is 27.5. The summed E-state index contributed by atoms with van der Waals surface area (Å²) in [5.41, 5.74) is 27.3. The largest absolute Gasteiger partial charge is 0.508 e. The van der Waals surface area contributed by atoms with Crippen molar-refractivity contribution < 1.29 is 112 Å². The number of allylic oxidation sites excluding steroid dienone is 1. The highest BCUT2D eigenvalue weighted by Crippen LogP contribution is 2.66. The van der Waals surface area contributed by atoms with E-state index in [4.69, 9.17) is 100.0 Å². The monoisotopic (exact) mass is 2060 g/mol. The molecule has 20 atom stereocenters. The minimum atomic E-state index is -0.891. The van der Waals surface area contributed by atoms with Gasteiger partial charge < -0.3 is 121 Å². The first-order valence-corrected chi connectivity index (χ1v) is 53.0. The topological polar surface area (TPSA) is 490 Å². The first kappa shape index (κ1) is 114. The van der Waals surface area contributed by atoms with Crippen LogP contribution in [0, 0.1) is 86.9 Å². The second kappa shape index (κ2) is 53.6. The molecule has 31 nitrogen and oxygen atoms in total. The van der Waals surface area contributed by atoms with Gasteiger partial charge >= 0.3 is 5.97 Å². The lowest BCUT2D eigenvalue weighted by Crippen LogP contribution is -2.45. The van der Waals surface area contributed by atoms with Gasteiger partial charge in [0.1, 0.15) is 65.4 Å². The molecule has 17 N–H and O–H groups in total. The standard InChI is InChI=1S/C35H47N3O9.C21H27NO2.C21H28O4.C18H24O2.C14H21N3O6.C3H3N.CH2Cl2/c1-35-13-11-24-23-6-4-22(39)19-21(23)3-5-25(24)26(35)7-10-29(35)47-15-12-30(40)37-14-16-45-17-18-46-20-31(41)38-27-8-9-28(44-2)32(33(27)42)34(36)43;1-21-10-9-17-16-6-4-15(23)13-14(16)3-5-18(17)19(21)7-8-20(21)24-12-11-22-2;1-21-10-8-16-15-5-3-14(22)12-13(15)2-4-17(16)18(21)6-7-19(21)25-11-9-20(23)24;1-18-9-8-14-13-5-3-12(19)10-11(13)2-4-15(14)16(18)6-7-17(18)20;1-21-10-3-2-9(13(19)12(10)14(16)20)17-11(18)8-23-7-6-22-5-4-15;1-2-3-4;2-1-3/h4,6,8-9,19,24-26,29,39,42H,3,5,7,10-18,20H2,1-2H3,(H2,36,43)(H,37,40)(H,38,41);4,6,13,17-20,23H,3,5,7-12H2,1H3;3,5,12,16-19,22H,2,4,6-11H2,1H3,(H,23,24);3,5,10,14-17,19-20H,2,4,6-9H2,1H3;2-3,19H,4-8,15H2,1H3,(H2,16,20)(H,17,18);2H,1H2;1H2. The molecule has 6 aromatic carbocycles. The quantitative estimate of drug-likeness (QED) is 0.00613. The van der Waals surface area contributed by atoms with E-state index in [-0.39, 0.29) is 125 Å². The van der Waals surface area contributed by atoms with Gasteiger partial charge in [0.25, 0.3) is 11.8 Å². The lowest BCUT2D eigenvalue weighted by atomic mass is 9.55. The van der Waals surface area contributed by atoms with Gasteiger partial charge in [0.2, 0.25) is 24.3 Å². The Labute approximate surface area is 868 Å². The number of carbonyl (C=O) groups is 6. The van der Waals surface area contributed by atoms with Crippen LogP contribution in [0.4, 0.5) is 11.4 Å². The number of aliphatic hydroxyl groups is 1. The van der Waals surface area contributed by atoms with Crippen LogP contribution in [-0.4, -0.2) is 213 Å². The Morgan fingerprint density at radius 3 is 1.14 bits per heavy atom. The number of carbonyl (C=O) groups excluding carboxylic acids is 5. The van der Waals surface area contributed by atoms with E-state index in [0.29, 0.717) is 148 Å². The summed E-state index contributed by atoms with van der Waals surface area (Å²) in [7, 11) is 2.67. The molecule has 33 heteroatoms. The average Bonchev–Trinajstić information content (AvgIpc) is 1.56. The third-order valence-corrected chi connectivity index (χ3v) is 34.2. The molecule has 12 aliphatic carbocycles. The number of rotatable bonds is 32. The highest BCUT2D eigenvalue weighted by Gasteiger charge is 2.60. The molecule has 0 spiro atoms. The summed E-state index contributed by atoms with van der Waals surface area (Å²) >= 11 is 9.53. The molecule has 146 heavy (non-hydrogen) atoms. The molecule has 6 aromatic rings. The summed E-state index contributed by atoms with van der Waals surface area (Å²) in [5, 5.41) is 94.1. The number of hydrogen-bond acceptors (Lipinski definition) is 24. The number of aromatic hydroxyl groups is 6. The number of aliphatic hydroxyl groups excluding tert-OH is 1. The summed E-state index contributed by atoms with van der Waals surface area (Å²) < 4.78 is 49.5. The van der Waals surface area contributed by atoms with Crippen LogP contribution in [0.1, 0.15) is 258 Å². The SMILES string of the molecule is C=CC#N.CC12CCC3c4ccc(O)cc4CCC3C1CCC2O.CC12CCC3c4ccc(O)cc4CCC3C1CCC2OCCC(=O)O.COc1ccc(NC(=O)COCCOCCN)c(O)c1C(N)=O.COc1ccc(NC(=O)COCCOCCNC(=O)CCOC2CCC3C4CCc5cc(O)ccc5C4CCC23C)c(O)c1C(N)=O.ClCCl.[C-]#[N+]CCOC1CCC2C3CCc4cc(O)ccc4C3CCC12C. The Bertz CT molecular complexity index is 5520. The second-order valence-electron chi connectivity index (χ2n) is 41.9. The van der Waals surface area contributed by atoms with Gasteiger partial charge in [0.05, 0.1) is 121 Å². The first-order valence-electron chi connectivity index (χ1n) is 51.9. The van der Waals surface area contributed by atoms with Crippen molar-refractivity contribution in [3.05, 3.63) is 177 Å². The van der Waals surface area contributed by atoms with Crippen molar-refractivity contribution in [2.24, 2.45) is 86.2 Å². The number of phenols is 6. The molecule has 8 fully saturated rings. The number of ether oxygens (including phenoxy) is 9. The number of carboxylic acids is 1. The van der Waals surface area contributed by atoms with Crippen LogP contribution in [0.3, 0.4) is 0 Å². The summed E-state index contributed by atoms with van der Waals surface area (Å²) in [5.74, 6) is 5.21. The molecular weight excluding hydrogens is 1910 g/mol. The van der Waals surface area contributed by atoms with Crippen molar-refractivity contribution in [1.82, 2.24) is 5.32 Å². The van der Waals surface area contributed by atoms with Gasteiger partial charge in [-0.3, -0.25) is 28.8 Å². The van der Waals surface area contributed by atoms with E-state index in [1.54, 1.807) is 6.07 Å². The molecule has 0 heterocycles. The first-order chi connectivity index (χ1) is 70.2. The second-order valence-corrected chi connectivity index (χ2v) is 42.7. The Balaban J connectivity index is 0.000000166. The third kappa shape index (κ3) is 27.4. The Kier molecular flexibility index (Phi) is 41.9. The number of nitrogens with one attached hydrogen (secondary N) is 3. The highest BCUT2D eigenvalue weighted by molar-refractivity contribution is 6.40. The number of amides is 5. The van der Waals surface area contributed by atoms with Crippen molar-refractivity contribution >= 4 is 70.1 Å². The summed E-state index contributed by atoms with van der Waals surface area (Å²) in [6.07, 6.45) is 29.8. The molecule has 0 radical (unpaired) electrons. The zero-order valence-electron chi connectivity index (χ0n) is 85.3. The molecule has 796 valence electrons. The minimum Gasteiger partial charge on any atom is -0.508 e. The van der Waals surface area contributed by atoms with E-state index in [1.165, 1.54) is 153 Å². The van der Waals surface area contributed by atoms with Gasteiger partial charge in [-0.15, -0.1) is 23.2 Å². The zero-order valence-corrected chi connectivity index (χ0v) is 86.8. The Morgan fingerprint density at radius 2 is 0.801 bits per heavy atom. The van der Waals surface area contributed by atoms with Crippen LogP contribution < -0.4 is 42.6 Å². The number of anilines is 2. The normalized spacial score (nSPS) is 27.9. The van der Waals surface area contributed by atoms with Crippen LogP contribution in [0.25, 0.3) is 4.85 Å². The molecule has 0 aliphatic heterocycles. The van der Waals surface area contributed by atoms with E-state index in [0.717, 1.165) is 108 Å². The number of nitriles is 1. The predicted molar refractivity (Wildman–Crippen MR) is 556 cm³/mol. The predicted octanol–water partition coefficient (Wildman–Crippen LogP) is 17.4. The van der Waals surface area contributed by atoms with Crippen LogP contribution in [0.2, 0.25) is 0 Å². The number of hydrogen-bond donors (Lipinski definition) is 14. The van der Waals surface area contributed by atoms with Crippen molar-refractivity contribution in [3.8, 4) is 52.1 Å². The van der Waals surface area contributed by atoms with Crippen molar-refractivity contribution in [1.29, 1.82) is 5.26 Å². The summed E-state index contributed by atoms with van der Waals surface area (Å²) in [6.45, 7) is 23.3. The number of benzene rings is 6. The van der Waals surface area contributed by atoms with E-state index in [9.17, 15) is 64.5 Å². The number of alkyl halides is 2. The number of fused-ring (bicyclic) bond motifs is 20. The third-order valence-electron chi connectivity index (χ3n) is 34.2. The molecule has 12 aliphatic rings. The maximum absolute atomic E-state index is 12.4. The number of phenolic OH excluding ortho intramolecular Hbond substituents is 4. The molecule has 20 unspecified atom stereocenters. The number of halogens is 2. The van der Waals surface area contributed by atoms with Gasteiger partial charge in [-0.2, -0.15) is 5.26 Å². The number of nitrogens with two attached hydrogens (primary N) is 3. The van der Waals surface area contributed by atoms with Crippen molar-refractivity contribution in [2.75, 3.05) is 123 Å². The summed E-state index contributed by atoms with van der Waals surface area (Å²) in [6, 6.07) is 31.1. The van der Waals surface area contributed by atoms with Gasteiger partial charge in [0.15, 0.2) is 11.5 Å². The highest BCUT2D eigenvalue weighted by atomic mass is 35.5. The maximum atomic E-state index is 12.4. The number of nitrogens with zero attached hydrogens (tertiary/aromatic N) is 2. The number of carboxylic acid groups (broad SMARTS) is 1. The zero-order chi connectivity index (χ0) is 105. The lowest BCUT2D eigenvalue weighted by Gasteiger charge is -2.50. The van der Waals surface area contributed by atoms with Crippen LogP contribution in [0.15, 0.2) is 110 Å². The van der Waals surface area contributed by atoms with E-state index in [2.05, 4.69) is 79.3 Å². The van der Waals surface area contributed by atoms with Gasteiger partial charge in [-0.25, -0.2) is 6.57 Å². The van der Waals surface area contributed by atoms with Crippen LogP contribution in [-0.2, 0) is 78.0 Å². The Hall–Kier alpha value is -10.5. The molecule has 0 saturated heterocycles. The minimum absolute atomic E-state index is 0.00780. The number of aryl methyl sites for hydroxylation is 4. The van der Waals surface area contributed by atoms with Crippen molar-refractivity contribution in [2.45, 2.75) is 243 Å². The van der Waals surface area contributed by atoms with Gasteiger partial charge in [0, 0.05) is 25.6 Å². The molecular formula is C113H152Cl2N8O23. The number of primary amides is 2. The molecule has 5 amide bonds. The Morgan fingerprint density at radius 1 is 0.466 bits per heavy atom. The smallest absolute Gasteiger partial charge is 0.305 e. The van der Waals surface area contributed by atoms with Gasteiger partial charge in [-0.05, 0) is 364 Å². The lowest BCUT2D eigenvalue weighted by molar-refractivity contribution is -0.140. The number of aliphatic carboxylic acids is 1. The average molecular weight is 2060 g/mol. The van der Waals surface area contributed by atoms with Gasteiger partial charge in [-0.1, -0.05) is 58.5 Å². The maximum Gasteiger partial charge on any atom is 0.305 e. The molecule has 0 bridgehead atoms. The molecule has 18 rings (SSSR count). The summed E-state index contributed by atoms with van der Waals surface area (Å²) in [4.78, 5) is 73.5. The van der Waals surface area contributed by atoms with Crippen molar-refractivity contribution in [3.63, 3.8) is 0 Å². The van der Waals surface area contributed by atoms with E-state index in [1.807, 2.05) is 48.5 Å².